The second-order valence-electron chi connectivity index (χ2n) is 6.30. The van der Waals surface area contributed by atoms with E-state index in [0.29, 0.717) is 26.4 Å². The summed E-state index contributed by atoms with van der Waals surface area (Å²) in [6, 6.07) is 3.60. The first kappa shape index (κ1) is 20.4. The number of sulfonamides is 1. The Balaban J connectivity index is 0.00000225. The van der Waals surface area contributed by atoms with Crippen LogP contribution in [0.15, 0.2) is 23.1 Å². The summed E-state index contributed by atoms with van der Waals surface area (Å²) in [6.07, 6.45) is 2.59. The molecular weight excluding hydrogens is 371 g/mol. The van der Waals surface area contributed by atoms with E-state index in [-0.39, 0.29) is 35.0 Å². The number of halogens is 2. The normalized spacial score (nSPS) is 23.9. The van der Waals surface area contributed by atoms with Crippen molar-refractivity contribution in [3.05, 3.63) is 24.0 Å². The van der Waals surface area contributed by atoms with Crippen LogP contribution in [0.1, 0.15) is 19.3 Å². The van der Waals surface area contributed by atoms with Crippen LogP contribution in [0.4, 0.5) is 4.39 Å². The zero-order valence-electron chi connectivity index (χ0n) is 13.9. The van der Waals surface area contributed by atoms with E-state index in [1.165, 1.54) is 12.1 Å². The van der Waals surface area contributed by atoms with E-state index in [2.05, 4.69) is 10.0 Å². The molecule has 0 saturated carbocycles. The molecule has 142 valence electrons. The summed E-state index contributed by atoms with van der Waals surface area (Å²) in [7, 11) is -3.74. The smallest absolute Gasteiger partial charge is 0.240 e. The van der Waals surface area contributed by atoms with Crippen molar-refractivity contribution in [2.24, 2.45) is 5.92 Å². The minimum Gasteiger partial charge on any atom is -0.490 e. The van der Waals surface area contributed by atoms with Crippen LogP contribution in [0.5, 0.6) is 5.75 Å². The molecule has 0 bridgehead atoms. The summed E-state index contributed by atoms with van der Waals surface area (Å²) in [5.74, 6) is -0.341. The quantitative estimate of drug-likeness (QED) is 0.767. The summed E-state index contributed by atoms with van der Waals surface area (Å²) < 4.78 is 52.2. The van der Waals surface area contributed by atoms with Crippen LogP contribution in [0.3, 0.4) is 0 Å². The van der Waals surface area contributed by atoms with Gasteiger partial charge in [-0.3, -0.25) is 0 Å². The molecule has 2 heterocycles. The highest BCUT2D eigenvalue weighted by molar-refractivity contribution is 7.89. The molecule has 2 saturated heterocycles. The highest BCUT2D eigenvalue weighted by atomic mass is 35.5. The second kappa shape index (κ2) is 9.14. The molecule has 3 rings (SSSR count). The molecule has 2 unspecified atom stereocenters. The van der Waals surface area contributed by atoms with Gasteiger partial charge in [-0.15, -0.1) is 12.4 Å². The third-order valence-corrected chi connectivity index (χ3v) is 5.85. The van der Waals surface area contributed by atoms with Gasteiger partial charge in [0.2, 0.25) is 10.0 Å². The molecule has 9 heteroatoms. The lowest BCUT2D eigenvalue weighted by atomic mass is 10.1. The second-order valence-corrected chi connectivity index (χ2v) is 8.01. The van der Waals surface area contributed by atoms with Crippen LogP contribution >= 0.6 is 12.4 Å². The maximum absolute atomic E-state index is 14.2. The van der Waals surface area contributed by atoms with E-state index in [1.54, 1.807) is 0 Å². The van der Waals surface area contributed by atoms with Crippen molar-refractivity contribution < 1.29 is 22.3 Å². The topological polar surface area (TPSA) is 76.7 Å². The Labute approximate surface area is 153 Å². The Morgan fingerprint density at radius 1 is 1.36 bits per heavy atom. The molecule has 2 atom stereocenters. The van der Waals surface area contributed by atoms with E-state index in [4.69, 9.17) is 9.47 Å². The maximum atomic E-state index is 14.2. The van der Waals surface area contributed by atoms with E-state index in [9.17, 15) is 12.8 Å². The molecule has 0 aromatic heterocycles. The third-order valence-electron chi connectivity index (χ3n) is 4.33. The van der Waals surface area contributed by atoms with Gasteiger partial charge in [-0.05, 0) is 44.0 Å². The average molecular weight is 395 g/mol. The maximum Gasteiger partial charge on any atom is 0.240 e. The van der Waals surface area contributed by atoms with Crippen LogP contribution in [0.25, 0.3) is 0 Å². The van der Waals surface area contributed by atoms with E-state index < -0.39 is 15.8 Å². The van der Waals surface area contributed by atoms with Gasteiger partial charge in [0.1, 0.15) is 0 Å². The first-order valence-corrected chi connectivity index (χ1v) is 9.76. The summed E-state index contributed by atoms with van der Waals surface area (Å²) >= 11 is 0. The van der Waals surface area contributed by atoms with Crippen LogP contribution in [0.2, 0.25) is 0 Å². The molecule has 25 heavy (non-hydrogen) atoms. The lowest BCUT2D eigenvalue weighted by Gasteiger charge is -2.23. The third kappa shape index (κ3) is 5.52. The minimum atomic E-state index is -3.74. The highest BCUT2D eigenvalue weighted by Crippen LogP contribution is 2.23. The first-order chi connectivity index (χ1) is 11.5. The number of benzene rings is 1. The molecule has 0 amide bonds. The van der Waals surface area contributed by atoms with Gasteiger partial charge < -0.3 is 14.8 Å². The fourth-order valence-corrected chi connectivity index (χ4v) is 4.21. The Morgan fingerprint density at radius 2 is 2.20 bits per heavy atom. The highest BCUT2D eigenvalue weighted by Gasteiger charge is 2.23. The van der Waals surface area contributed by atoms with Gasteiger partial charge in [0.25, 0.3) is 0 Å². The number of hydrogen-bond donors (Lipinski definition) is 2. The summed E-state index contributed by atoms with van der Waals surface area (Å²) in [4.78, 5) is -0.0814. The van der Waals surface area contributed by atoms with Crippen molar-refractivity contribution in [3.63, 3.8) is 0 Å². The lowest BCUT2D eigenvalue weighted by molar-refractivity contribution is 0.165. The summed E-state index contributed by atoms with van der Waals surface area (Å²) in [5, 5.41) is 3.14. The predicted molar refractivity (Wildman–Crippen MR) is 94.3 cm³/mol. The fraction of sp³-hybridized carbons (Fsp3) is 0.625. The summed E-state index contributed by atoms with van der Waals surface area (Å²) in [5.41, 5.74) is 0. The van der Waals surface area contributed by atoms with Crippen molar-refractivity contribution in [1.82, 2.24) is 10.0 Å². The monoisotopic (exact) mass is 394 g/mol. The molecule has 2 aliphatic heterocycles. The zero-order valence-corrected chi connectivity index (χ0v) is 15.5. The lowest BCUT2D eigenvalue weighted by Crippen LogP contribution is -2.45. The largest absolute Gasteiger partial charge is 0.490 e. The number of ether oxygens (including phenoxy) is 2. The zero-order chi connectivity index (χ0) is 17.0. The van der Waals surface area contributed by atoms with Crippen LogP contribution in [0, 0.1) is 11.7 Å². The average Bonchev–Trinajstić information content (AvgIpc) is 3.07. The molecule has 0 aliphatic carbocycles. The van der Waals surface area contributed by atoms with Crippen molar-refractivity contribution in [2.75, 3.05) is 32.9 Å². The Morgan fingerprint density at radius 3 is 2.84 bits per heavy atom. The number of rotatable bonds is 6. The first-order valence-electron chi connectivity index (χ1n) is 8.28. The number of nitrogens with one attached hydrogen (secondary N) is 2. The van der Waals surface area contributed by atoms with Crippen molar-refractivity contribution in [1.29, 1.82) is 0 Å². The van der Waals surface area contributed by atoms with Gasteiger partial charge in [-0.25, -0.2) is 17.5 Å². The molecule has 0 spiro atoms. The standard InChI is InChI=1S/C16H23FN2O4S.ClH/c17-15-8-14(24(20,21)19-13-2-1-6-18-9-13)3-4-16(15)23-11-12-5-7-22-10-12;/h3-4,8,12-13,18-19H,1-2,5-7,9-11H2;1H. The van der Waals surface area contributed by atoms with Gasteiger partial charge in [0.05, 0.1) is 18.1 Å². The van der Waals surface area contributed by atoms with Crippen LogP contribution < -0.4 is 14.8 Å². The molecule has 0 radical (unpaired) electrons. The molecule has 1 aromatic carbocycles. The van der Waals surface area contributed by atoms with Crippen molar-refractivity contribution in [2.45, 2.75) is 30.2 Å². The molecule has 2 fully saturated rings. The van der Waals surface area contributed by atoms with E-state index >= 15 is 0 Å². The Hall–Kier alpha value is -0.930. The van der Waals surface area contributed by atoms with E-state index in [1.807, 2.05) is 0 Å². The Kier molecular flexibility index (Phi) is 7.45. The minimum absolute atomic E-state index is 0. The molecular formula is C16H24ClFN2O4S. The molecule has 2 aliphatic rings. The van der Waals surface area contributed by atoms with Gasteiger partial charge in [0.15, 0.2) is 11.6 Å². The molecule has 2 N–H and O–H groups in total. The van der Waals surface area contributed by atoms with Gasteiger partial charge in [-0.2, -0.15) is 0 Å². The van der Waals surface area contributed by atoms with Gasteiger partial charge in [0, 0.05) is 25.1 Å². The van der Waals surface area contributed by atoms with Crippen molar-refractivity contribution in [3.8, 4) is 5.75 Å². The number of piperidine rings is 1. The van der Waals surface area contributed by atoms with E-state index in [0.717, 1.165) is 31.9 Å². The number of hydrogen-bond acceptors (Lipinski definition) is 5. The SMILES string of the molecule is Cl.O=S(=O)(NC1CCCNC1)c1ccc(OCC2CCOC2)c(F)c1. The van der Waals surface area contributed by atoms with Gasteiger partial charge >= 0.3 is 0 Å². The molecule has 1 aromatic rings. The predicted octanol–water partition coefficient (Wildman–Crippen LogP) is 1.69. The molecule has 6 nitrogen and oxygen atoms in total. The van der Waals surface area contributed by atoms with Gasteiger partial charge in [-0.1, -0.05) is 0 Å². The Bertz CT molecular complexity index is 662. The summed E-state index contributed by atoms with van der Waals surface area (Å²) in [6.45, 7) is 3.18. The van der Waals surface area contributed by atoms with Crippen LogP contribution in [-0.2, 0) is 14.8 Å². The van der Waals surface area contributed by atoms with Crippen molar-refractivity contribution >= 4 is 22.4 Å². The fourth-order valence-electron chi connectivity index (χ4n) is 2.93. The van der Waals surface area contributed by atoms with Crippen LogP contribution in [-0.4, -0.2) is 47.4 Å².